The van der Waals surface area contributed by atoms with Crippen molar-refractivity contribution in [3.05, 3.63) is 76.8 Å². The van der Waals surface area contributed by atoms with Crippen LogP contribution in [-0.4, -0.2) is 10.9 Å². The van der Waals surface area contributed by atoms with Gasteiger partial charge in [-0.05, 0) is 42.0 Å². The minimum absolute atomic E-state index is 0.000119. The minimum Gasteiger partial charge on any atom is -0.431 e. The van der Waals surface area contributed by atoms with Crippen molar-refractivity contribution in [1.82, 2.24) is 10.3 Å². The third kappa shape index (κ3) is 4.60. The maximum atomic E-state index is 12.7. The summed E-state index contributed by atoms with van der Waals surface area (Å²) < 4.78 is 43.6. The van der Waals surface area contributed by atoms with Crippen molar-refractivity contribution >= 4 is 17.2 Å². The number of thiazole rings is 1. The second-order valence-electron chi connectivity index (χ2n) is 5.31. The van der Waals surface area contributed by atoms with Crippen LogP contribution < -0.4 is 10.1 Å². The molecule has 0 aliphatic heterocycles. The molecule has 8 heteroatoms. The van der Waals surface area contributed by atoms with E-state index in [4.69, 9.17) is 4.74 Å². The van der Waals surface area contributed by atoms with Crippen molar-refractivity contribution in [3.63, 3.8) is 0 Å². The number of nitrogens with zero attached hydrogens (tertiary/aromatic N) is 1. The Morgan fingerprint density at radius 3 is 2.58 bits per heavy atom. The fourth-order valence-corrected chi connectivity index (χ4v) is 2.68. The first-order chi connectivity index (χ1) is 12.4. The average molecular weight is 378 g/mol. The highest BCUT2D eigenvalue weighted by molar-refractivity contribution is 7.11. The summed E-state index contributed by atoms with van der Waals surface area (Å²) >= 11 is 1.34. The van der Waals surface area contributed by atoms with Crippen molar-refractivity contribution in [3.8, 4) is 10.9 Å². The molecule has 134 valence electrons. The Balaban J connectivity index is 1.60. The quantitative estimate of drug-likeness (QED) is 0.688. The van der Waals surface area contributed by atoms with Gasteiger partial charge in [0.25, 0.3) is 11.1 Å². The monoisotopic (exact) mass is 378 g/mol. The lowest BCUT2D eigenvalue weighted by Crippen LogP contribution is -2.22. The number of rotatable bonds is 5. The van der Waals surface area contributed by atoms with Gasteiger partial charge in [-0.25, -0.2) is 4.98 Å². The normalized spacial score (nSPS) is 11.2. The summed E-state index contributed by atoms with van der Waals surface area (Å²) in [5.74, 6) is 0.151. The van der Waals surface area contributed by atoms with Crippen LogP contribution in [0.15, 0.2) is 60.1 Å². The highest BCUT2D eigenvalue weighted by Gasteiger charge is 2.30. The molecule has 3 rings (SSSR count). The van der Waals surface area contributed by atoms with E-state index in [1.807, 2.05) is 0 Å². The number of hydrogen-bond donors (Lipinski definition) is 1. The standard InChI is InChI=1S/C18H13F3N2O2S/c19-18(20,21)14-3-1-2-12(10-14)11-23-16(24)13-4-6-15(7-5-13)25-17-22-8-9-26-17/h1-10H,11H2,(H,23,24). The van der Waals surface area contributed by atoms with Gasteiger partial charge in [-0.2, -0.15) is 13.2 Å². The van der Waals surface area contributed by atoms with E-state index in [1.54, 1.807) is 35.8 Å². The highest BCUT2D eigenvalue weighted by Crippen LogP contribution is 2.29. The van der Waals surface area contributed by atoms with Gasteiger partial charge in [0, 0.05) is 23.7 Å². The number of ether oxygens (including phenoxy) is 1. The third-order valence-corrected chi connectivity index (χ3v) is 4.09. The second-order valence-corrected chi connectivity index (χ2v) is 6.16. The van der Waals surface area contributed by atoms with Crippen molar-refractivity contribution in [2.75, 3.05) is 0 Å². The SMILES string of the molecule is O=C(NCc1cccc(C(F)(F)F)c1)c1ccc(Oc2nccs2)cc1. The molecule has 0 bridgehead atoms. The lowest BCUT2D eigenvalue weighted by atomic mass is 10.1. The summed E-state index contributed by atoms with van der Waals surface area (Å²) in [5, 5.41) is 4.88. The molecule has 0 spiro atoms. The number of aromatic nitrogens is 1. The van der Waals surface area contributed by atoms with E-state index in [0.29, 0.717) is 22.1 Å². The van der Waals surface area contributed by atoms with Crippen LogP contribution in [0.2, 0.25) is 0 Å². The van der Waals surface area contributed by atoms with E-state index in [9.17, 15) is 18.0 Å². The van der Waals surface area contributed by atoms with Crippen LogP contribution in [0.25, 0.3) is 0 Å². The smallest absolute Gasteiger partial charge is 0.416 e. The number of benzene rings is 2. The van der Waals surface area contributed by atoms with Crippen molar-refractivity contribution < 1.29 is 22.7 Å². The zero-order chi connectivity index (χ0) is 18.6. The number of amides is 1. The number of hydrogen-bond acceptors (Lipinski definition) is 4. The van der Waals surface area contributed by atoms with Crippen LogP contribution >= 0.6 is 11.3 Å². The molecule has 2 aromatic carbocycles. The van der Waals surface area contributed by atoms with Gasteiger partial charge in [0.2, 0.25) is 0 Å². The molecule has 0 saturated heterocycles. The summed E-state index contributed by atoms with van der Waals surface area (Å²) in [7, 11) is 0. The first-order valence-corrected chi connectivity index (χ1v) is 8.41. The Bertz CT molecular complexity index is 878. The Labute approximate surface area is 151 Å². The molecule has 1 heterocycles. The van der Waals surface area contributed by atoms with E-state index in [2.05, 4.69) is 10.3 Å². The molecule has 0 fully saturated rings. The van der Waals surface area contributed by atoms with E-state index < -0.39 is 11.7 Å². The van der Waals surface area contributed by atoms with Crippen LogP contribution in [-0.2, 0) is 12.7 Å². The van der Waals surface area contributed by atoms with E-state index >= 15 is 0 Å². The lowest BCUT2D eigenvalue weighted by Gasteiger charge is -2.10. The van der Waals surface area contributed by atoms with Gasteiger partial charge in [-0.15, -0.1) is 0 Å². The average Bonchev–Trinajstić information content (AvgIpc) is 3.13. The molecule has 0 aliphatic rings. The molecular weight excluding hydrogens is 365 g/mol. The Hall–Kier alpha value is -2.87. The predicted molar refractivity (Wildman–Crippen MR) is 91.2 cm³/mol. The first-order valence-electron chi connectivity index (χ1n) is 7.53. The molecule has 1 N–H and O–H groups in total. The van der Waals surface area contributed by atoms with Crippen molar-refractivity contribution in [2.24, 2.45) is 0 Å². The van der Waals surface area contributed by atoms with Gasteiger partial charge >= 0.3 is 6.18 Å². The number of nitrogens with one attached hydrogen (secondary N) is 1. The molecule has 0 saturated carbocycles. The van der Waals surface area contributed by atoms with E-state index in [0.717, 1.165) is 12.1 Å². The highest BCUT2D eigenvalue weighted by atomic mass is 32.1. The Morgan fingerprint density at radius 2 is 1.92 bits per heavy atom. The number of carbonyl (C=O) groups excluding carboxylic acids is 1. The number of halogens is 3. The summed E-state index contributed by atoms with van der Waals surface area (Å²) in [6.07, 6.45) is -2.79. The predicted octanol–water partition coefficient (Wildman–Crippen LogP) is 4.88. The summed E-state index contributed by atoms with van der Waals surface area (Å²) in [6.45, 7) is 0.000119. The topological polar surface area (TPSA) is 51.2 Å². The summed E-state index contributed by atoms with van der Waals surface area (Å²) in [5.41, 5.74) is 0.00769. The zero-order valence-electron chi connectivity index (χ0n) is 13.3. The number of carbonyl (C=O) groups is 1. The number of alkyl halides is 3. The molecule has 1 aromatic heterocycles. The molecule has 0 unspecified atom stereocenters. The molecule has 1 amide bonds. The van der Waals surface area contributed by atoms with Gasteiger partial charge in [0.15, 0.2) is 0 Å². The van der Waals surface area contributed by atoms with Crippen molar-refractivity contribution in [1.29, 1.82) is 0 Å². The molecular formula is C18H13F3N2O2S. The van der Waals surface area contributed by atoms with Gasteiger partial charge in [-0.3, -0.25) is 4.79 Å². The molecule has 0 radical (unpaired) electrons. The van der Waals surface area contributed by atoms with Gasteiger partial charge in [-0.1, -0.05) is 23.5 Å². The van der Waals surface area contributed by atoms with E-state index in [-0.39, 0.29) is 12.5 Å². The maximum Gasteiger partial charge on any atom is 0.416 e. The minimum atomic E-state index is -4.41. The first kappa shape index (κ1) is 17.9. The molecule has 26 heavy (non-hydrogen) atoms. The fourth-order valence-electron chi connectivity index (χ4n) is 2.18. The Kier molecular flexibility index (Phi) is 5.22. The fraction of sp³-hybridized carbons (Fsp3) is 0.111. The summed E-state index contributed by atoms with van der Waals surface area (Å²) in [6, 6.07) is 11.3. The van der Waals surface area contributed by atoms with Gasteiger partial charge in [0.1, 0.15) is 5.75 Å². The van der Waals surface area contributed by atoms with Crippen LogP contribution in [0.3, 0.4) is 0 Å². The summed E-state index contributed by atoms with van der Waals surface area (Å²) in [4.78, 5) is 16.1. The van der Waals surface area contributed by atoms with Crippen LogP contribution in [0, 0.1) is 0 Å². The van der Waals surface area contributed by atoms with Crippen LogP contribution in [0.1, 0.15) is 21.5 Å². The molecule has 4 nitrogen and oxygen atoms in total. The van der Waals surface area contributed by atoms with Gasteiger partial charge in [0.05, 0.1) is 5.56 Å². The Morgan fingerprint density at radius 1 is 1.15 bits per heavy atom. The van der Waals surface area contributed by atoms with Gasteiger partial charge < -0.3 is 10.1 Å². The largest absolute Gasteiger partial charge is 0.431 e. The van der Waals surface area contributed by atoms with E-state index in [1.165, 1.54) is 23.5 Å². The molecule has 0 aliphatic carbocycles. The molecule has 3 aromatic rings. The maximum absolute atomic E-state index is 12.7. The van der Waals surface area contributed by atoms with Crippen LogP contribution in [0.5, 0.6) is 10.9 Å². The zero-order valence-corrected chi connectivity index (χ0v) is 14.1. The molecule has 0 atom stereocenters. The third-order valence-electron chi connectivity index (χ3n) is 3.44. The second kappa shape index (κ2) is 7.57. The lowest BCUT2D eigenvalue weighted by molar-refractivity contribution is -0.137. The van der Waals surface area contributed by atoms with Crippen LogP contribution in [0.4, 0.5) is 13.2 Å². The van der Waals surface area contributed by atoms with Crippen molar-refractivity contribution in [2.45, 2.75) is 12.7 Å².